The molecular weight excluding hydrogens is 600 g/mol. The van der Waals surface area contributed by atoms with Crippen LogP contribution in [0.2, 0.25) is 0 Å². The number of carbonyl (C=O) groups excluding carboxylic acids is 1. The topological polar surface area (TPSA) is 109 Å². The number of anilines is 1. The van der Waals surface area contributed by atoms with E-state index in [4.69, 9.17) is 9.63 Å². The lowest BCUT2D eigenvalue weighted by Gasteiger charge is -2.46. The summed E-state index contributed by atoms with van der Waals surface area (Å²) in [6.45, 7) is 0.736. The van der Waals surface area contributed by atoms with Gasteiger partial charge in [-0.15, -0.1) is 0 Å². The van der Waals surface area contributed by atoms with Crippen LogP contribution in [0.3, 0.4) is 0 Å². The molecule has 0 unspecified atom stereocenters. The number of allylic oxidation sites excluding steroid dienone is 2. The molecule has 1 spiro atoms. The number of hydrogen-bond donors (Lipinski definition) is 2. The molecule has 44 heavy (non-hydrogen) atoms. The third-order valence-corrected chi connectivity index (χ3v) is 9.69. The Morgan fingerprint density at radius 3 is 2.57 bits per heavy atom. The summed E-state index contributed by atoms with van der Waals surface area (Å²) in [6.07, 6.45) is 1.77. The Labute approximate surface area is 252 Å². The molecule has 1 saturated carbocycles. The van der Waals surface area contributed by atoms with Gasteiger partial charge in [0.25, 0.3) is 5.91 Å². The van der Waals surface area contributed by atoms with E-state index in [0.717, 1.165) is 43.4 Å². The molecule has 1 amide bonds. The number of hydrogen-bond acceptors (Lipinski definition) is 7. The van der Waals surface area contributed by atoms with Crippen LogP contribution in [0.4, 0.5) is 22.7 Å². The maximum Gasteiger partial charge on any atom is 0.417 e. The van der Waals surface area contributed by atoms with Gasteiger partial charge in [-0.2, -0.15) is 13.2 Å². The van der Waals surface area contributed by atoms with Crippen LogP contribution in [-0.2, 0) is 11.0 Å². The highest BCUT2D eigenvalue weighted by Gasteiger charge is 2.45. The number of aromatic nitrogens is 2. The molecule has 2 aliphatic carbocycles. The van der Waals surface area contributed by atoms with Crippen molar-refractivity contribution in [3.63, 3.8) is 0 Å². The van der Waals surface area contributed by atoms with Crippen LogP contribution in [0.15, 0.2) is 47.0 Å². The molecule has 2 aromatic heterocycles. The number of carboxylic acids is 1. The lowest BCUT2D eigenvalue weighted by Crippen LogP contribution is -2.42. The fraction of sp³-hybridized carbons (Fsp3) is 0.355. The number of nitrogens with zero attached hydrogens (tertiary/aromatic N) is 3. The summed E-state index contributed by atoms with van der Waals surface area (Å²) < 4.78 is 62.6. The van der Waals surface area contributed by atoms with Crippen LogP contribution in [0.1, 0.15) is 65.3 Å². The molecule has 0 bridgehead atoms. The zero-order chi connectivity index (χ0) is 30.8. The number of halogens is 4. The highest BCUT2D eigenvalue weighted by Crippen LogP contribution is 2.56. The molecule has 8 nitrogen and oxygen atoms in total. The SMILES string of the molecule is O=C(O)CNC(=O)c1cc(F)c2nc(N3CCC4(C=C(c5c(-c6ccccc6C(F)(F)F)noc5C5CC5)C4)CC3)sc2c1. The Morgan fingerprint density at radius 2 is 1.89 bits per heavy atom. The molecule has 2 fully saturated rings. The van der Waals surface area contributed by atoms with Crippen molar-refractivity contribution in [1.82, 2.24) is 15.5 Å². The highest BCUT2D eigenvalue weighted by molar-refractivity contribution is 7.22. The first kappa shape index (κ1) is 28.5. The van der Waals surface area contributed by atoms with Gasteiger partial charge < -0.3 is 19.8 Å². The number of nitrogens with one attached hydrogen (secondary N) is 1. The summed E-state index contributed by atoms with van der Waals surface area (Å²) in [5.41, 5.74) is 1.25. The van der Waals surface area contributed by atoms with E-state index in [1.807, 2.05) is 0 Å². The van der Waals surface area contributed by atoms with Gasteiger partial charge in [0.05, 0.1) is 10.3 Å². The number of alkyl halides is 3. The quantitative estimate of drug-likeness (QED) is 0.216. The van der Waals surface area contributed by atoms with Crippen LogP contribution < -0.4 is 10.2 Å². The van der Waals surface area contributed by atoms with Gasteiger partial charge in [0.15, 0.2) is 10.9 Å². The number of aliphatic carboxylic acids is 1. The molecule has 2 aromatic carbocycles. The van der Waals surface area contributed by atoms with E-state index in [1.165, 1.54) is 29.5 Å². The number of carbonyl (C=O) groups is 2. The summed E-state index contributed by atoms with van der Waals surface area (Å²) in [6, 6.07) is 8.03. The smallest absolute Gasteiger partial charge is 0.417 e. The molecular formula is C31H26F4N4O4S. The number of thiazole rings is 1. The third-order valence-electron chi connectivity index (χ3n) is 8.63. The van der Waals surface area contributed by atoms with Crippen molar-refractivity contribution in [3.8, 4) is 11.3 Å². The minimum Gasteiger partial charge on any atom is -0.480 e. The van der Waals surface area contributed by atoms with Crippen LogP contribution in [0.25, 0.3) is 27.0 Å². The lowest BCUT2D eigenvalue weighted by molar-refractivity contribution is -0.137. The maximum atomic E-state index is 14.8. The van der Waals surface area contributed by atoms with Gasteiger partial charge in [0.1, 0.15) is 23.5 Å². The summed E-state index contributed by atoms with van der Waals surface area (Å²) in [5.74, 6) is -1.70. The Balaban J connectivity index is 1.11. The molecule has 7 rings (SSSR count). The second-order valence-electron chi connectivity index (χ2n) is 11.7. The minimum absolute atomic E-state index is 0.0210. The van der Waals surface area contributed by atoms with E-state index in [9.17, 15) is 27.2 Å². The third kappa shape index (κ3) is 5.12. The number of fused-ring (bicyclic) bond motifs is 1. The summed E-state index contributed by atoms with van der Waals surface area (Å²) in [7, 11) is 0. The van der Waals surface area contributed by atoms with Gasteiger partial charge >= 0.3 is 12.1 Å². The standard InChI is InChI=1S/C31H26F4N4O4S/c32-21-11-17(28(42)36-15-23(40)41)12-22-26(21)37-29(44-22)39-9-7-30(8-10-39)13-18(14-30)24-25(38-43-27(24)16-5-6-16)19-3-1-2-4-20(19)31(33,34)35/h1-4,11-13,16H,5-10,14-15H2,(H,36,42)(H,40,41). The van der Waals surface area contributed by atoms with Gasteiger partial charge in [0.2, 0.25) is 0 Å². The Kier molecular flexibility index (Phi) is 6.76. The van der Waals surface area contributed by atoms with Crippen LogP contribution >= 0.6 is 11.3 Å². The van der Waals surface area contributed by atoms with Crippen molar-refractivity contribution in [2.24, 2.45) is 5.41 Å². The maximum absolute atomic E-state index is 14.8. The van der Waals surface area contributed by atoms with E-state index in [2.05, 4.69) is 26.4 Å². The van der Waals surface area contributed by atoms with E-state index >= 15 is 0 Å². The molecule has 0 radical (unpaired) electrons. The minimum atomic E-state index is -4.52. The number of benzene rings is 2. The Hall–Kier alpha value is -4.26. The zero-order valence-corrected chi connectivity index (χ0v) is 24.0. The second-order valence-corrected chi connectivity index (χ2v) is 12.7. The van der Waals surface area contributed by atoms with Gasteiger partial charge in [-0.05, 0) is 61.3 Å². The molecule has 4 aromatic rings. The predicted molar refractivity (Wildman–Crippen MR) is 155 cm³/mol. The molecule has 0 atom stereocenters. The monoisotopic (exact) mass is 626 g/mol. The zero-order valence-electron chi connectivity index (χ0n) is 23.2. The number of carboxylic acid groups (broad SMARTS) is 1. The molecule has 2 N–H and O–H groups in total. The average Bonchev–Trinajstić information content (AvgIpc) is 3.57. The molecule has 3 aliphatic rings. The Morgan fingerprint density at radius 1 is 1.16 bits per heavy atom. The van der Waals surface area contributed by atoms with Crippen molar-refractivity contribution in [1.29, 1.82) is 0 Å². The first-order valence-corrected chi connectivity index (χ1v) is 15.1. The number of rotatable bonds is 7. The van der Waals surface area contributed by atoms with Gasteiger partial charge in [-0.1, -0.05) is 40.8 Å². The van der Waals surface area contributed by atoms with Crippen LogP contribution in [0, 0.1) is 11.2 Å². The Bertz CT molecular complexity index is 1830. The van der Waals surface area contributed by atoms with Crippen molar-refractivity contribution in [3.05, 3.63) is 70.7 Å². The molecule has 3 heterocycles. The largest absolute Gasteiger partial charge is 0.480 e. The fourth-order valence-corrected chi connectivity index (χ4v) is 7.28. The first-order valence-electron chi connectivity index (χ1n) is 14.2. The van der Waals surface area contributed by atoms with Gasteiger partial charge in [-0.3, -0.25) is 9.59 Å². The molecule has 1 aliphatic heterocycles. The lowest BCUT2D eigenvalue weighted by atomic mass is 9.63. The molecule has 1 saturated heterocycles. The fourth-order valence-electron chi connectivity index (χ4n) is 6.20. The summed E-state index contributed by atoms with van der Waals surface area (Å²) in [5, 5.41) is 15.8. The van der Waals surface area contributed by atoms with Crippen molar-refractivity contribution >= 4 is 44.1 Å². The predicted octanol–water partition coefficient (Wildman–Crippen LogP) is 6.87. The second kappa shape index (κ2) is 10.4. The number of amides is 1. The van der Waals surface area contributed by atoms with Gasteiger partial charge in [-0.25, -0.2) is 9.37 Å². The normalized spacial score (nSPS) is 17.9. The summed E-state index contributed by atoms with van der Waals surface area (Å²) in [4.78, 5) is 29.6. The van der Waals surface area contributed by atoms with E-state index < -0.39 is 36.0 Å². The van der Waals surface area contributed by atoms with Crippen molar-refractivity contribution in [2.45, 2.75) is 44.2 Å². The van der Waals surface area contributed by atoms with Crippen molar-refractivity contribution in [2.75, 3.05) is 24.5 Å². The van der Waals surface area contributed by atoms with E-state index in [0.29, 0.717) is 40.7 Å². The van der Waals surface area contributed by atoms with E-state index in [1.54, 1.807) is 6.07 Å². The first-order chi connectivity index (χ1) is 21.0. The van der Waals surface area contributed by atoms with Gasteiger partial charge in [0, 0.05) is 35.7 Å². The highest BCUT2D eigenvalue weighted by atomic mass is 32.1. The summed E-state index contributed by atoms with van der Waals surface area (Å²) >= 11 is 1.26. The van der Waals surface area contributed by atoms with Crippen molar-refractivity contribution < 1.29 is 36.8 Å². The van der Waals surface area contributed by atoms with E-state index in [-0.39, 0.29) is 33.7 Å². The van der Waals surface area contributed by atoms with Crippen LogP contribution in [-0.4, -0.2) is 46.8 Å². The molecule has 13 heteroatoms. The van der Waals surface area contributed by atoms with Crippen LogP contribution in [0.5, 0.6) is 0 Å². The number of piperidine rings is 1. The molecule has 228 valence electrons. The average molecular weight is 627 g/mol.